The van der Waals surface area contributed by atoms with Crippen LogP contribution in [0, 0.1) is 13.8 Å². The second kappa shape index (κ2) is 5.89. The molecule has 98 valence electrons. The summed E-state index contributed by atoms with van der Waals surface area (Å²) in [4.78, 5) is 11.0. The predicted octanol–water partition coefficient (Wildman–Crippen LogP) is 4.35. The van der Waals surface area contributed by atoms with Crippen molar-refractivity contribution < 1.29 is 9.53 Å². The summed E-state index contributed by atoms with van der Waals surface area (Å²) in [5.74, 6) is 0.620. The van der Waals surface area contributed by atoms with Crippen molar-refractivity contribution in [3.05, 3.63) is 63.7 Å². The Morgan fingerprint density at radius 2 is 2.00 bits per heavy atom. The molecule has 2 aromatic rings. The third-order valence-corrected chi connectivity index (χ3v) is 3.30. The Morgan fingerprint density at radius 1 is 1.21 bits per heavy atom. The van der Waals surface area contributed by atoms with Crippen molar-refractivity contribution in [2.75, 3.05) is 0 Å². The van der Waals surface area contributed by atoms with E-state index in [2.05, 4.69) is 0 Å². The smallest absolute Gasteiger partial charge is 0.153 e. The molecule has 0 saturated carbocycles. The predicted molar refractivity (Wildman–Crippen MR) is 77.1 cm³/mol. The van der Waals surface area contributed by atoms with Crippen LogP contribution < -0.4 is 4.74 Å². The summed E-state index contributed by atoms with van der Waals surface area (Å²) in [6, 6.07) is 11.3. The number of aryl methyl sites for hydroxylation is 2. The van der Waals surface area contributed by atoms with E-state index < -0.39 is 0 Å². The van der Waals surface area contributed by atoms with Gasteiger partial charge < -0.3 is 4.74 Å². The highest BCUT2D eigenvalue weighted by Crippen LogP contribution is 2.25. The minimum atomic E-state index is 0.352. The first-order valence-electron chi connectivity index (χ1n) is 6.04. The van der Waals surface area contributed by atoms with Gasteiger partial charge in [-0.25, -0.2) is 0 Å². The summed E-state index contributed by atoms with van der Waals surface area (Å²) >= 11 is 6.16. The summed E-state index contributed by atoms with van der Waals surface area (Å²) in [6.07, 6.45) is 0.805. The molecule has 0 unspecified atom stereocenters. The van der Waals surface area contributed by atoms with E-state index >= 15 is 0 Å². The van der Waals surface area contributed by atoms with Crippen LogP contribution in [-0.2, 0) is 6.61 Å². The van der Waals surface area contributed by atoms with Crippen LogP contribution in [0.5, 0.6) is 5.75 Å². The topological polar surface area (TPSA) is 26.3 Å². The molecule has 0 aliphatic heterocycles. The Bertz CT molecular complexity index is 606. The number of carbonyl (C=O) groups excluding carboxylic acids is 1. The Hall–Kier alpha value is -1.80. The highest BCUT2D eigenvalue weighted by Gasteiger charge is 2.08. The summed E-state index contributed by atoms with van der Waals surface area (Å²) < 4.78 is 5.75. The molecule has 0 N–H and O–H groups in total. The van der Waals surface area contributed by atoms with Gasteiger partial charge in [0.05, 0.1) is 5.56 Å². The van der Waals surface area contributed by atoms with E-state index in [0.717, 1.165) is 23.0 Å². The molecule has 19 heavy (non-hydrogen) atoms. The summed E-state index contributed by atoms with van der Waals surface area (Å²) in [7, 11) is 0. The fourth-order valence-electron chi connectivity index (χ4n) is 1.88. The van der Waals surface area contributed by atoms with Crippen LogP contribution in [-0.4, -0.2) is 6.29 Å². The Kier molecular flexibility index (Phi) is 4.23. The van der Waals surface area contributed by atoms with Gasteiger partial charge in [-0.2, -0.15) is 0 Å². The molecule has 0 aliphatic carbocycles. The van der Waals surface area contributed by atoms with Gasteiger partial charge in [0.15, 0.2) is 6.29 Å². The molecule has 3 heteroatoms. The van der Waals surface area contributed by atoms with E-state index in [1.165, 1.54) is 0 Å². The van der Waals surface area contributed by atoms with Crippen LogP contribution in [0.2, 0.25) is 5.02 Å². The normalized spacial score (nSPS) is 10.3. The maximum atomic E-state index is 11.0. The molecule has 2 rings (SSSR count). The second-order valence-electron chi connectivity index (χ2n) is 4.49. The molecule has 0 atom stereocenters. The quantitative estimate of drug-likeness (QED) is 0.775. The number of para-hydroxylation sites is 1. The van der Waals surface area contributed by atoms with Gasteiger partial charge in [-0.3, -0.25) is 4.79 Å². The van der Waals surface area contributed by atoms with Crippen LogP contribution in [0.4, 0.5) is 0 Å². The minimum Gasteiger partial charge on any atom is -0.488 e. The lowest BCUT2D eigenvalue weighted by Gasteiger charge is -2.12. The highest BCUT2D eigenvalue weighted by molar-refractivity contribution is 6.31. The Labute approximate surface area is 118 Å². The molecule has 0 bridgehead atoms. The number of ether oxygens (including phenoxy) is 1. The van der Waals surface area contributed by atoms with Crippen molar-refractivity contribution in [1.82, 2.24) is 0 Å². The average molecular weight is 275 g/mol. The largest absolute Gasteiger partial charge is 0.488 e. The number of aldehydes is 1. The van der Waals surface area contributed by atoms with Gasteiger partial charge in [0.2, 0.25) is 0 Å². The molecule has 0 aliphatic rings. The molecule has 2 aromatic carbocycles. The number of rotatable bonds is 4. The Balaban J connectivity index is 2.21. The first-order valence-corrected chi connectivity index (χ1v) is 6.42. The maximum absolute atomic E-state index is 11.0. The molecule has 0 aromatic heterocycles. The first kappa shape index (κ1) is 13.6. The minimum absolute atomic E-state index is 0.352. The number of halogens is 1. The van der Waals surface area contributed by atoms with Crippen molar-refractivity contribution in [2.45, 2.75) is 20.5 Å². The zero-order valence-corrected chi connectivity index (χ0v) is 11.7. The average Bonchev–Trinajstić information content (AvgIpc) is 2.39. The van der Waals surface area contributed by atoms with Gasteiger partial charge in [0, 0.05) is 10.6 Å². The Morgan fingerprint density at radius 3 is 2.68 bits per heavy atom. The molecule has 0 amide bonds. The molecule has 0 saturated heterocycles. The van der Waals surface area contributed by atoms with Gasteiger partial charge in [-0.15, -0.1) is 0 Å². The molecule has 0 spiro atoms. The fourth-order valence-corrected chi connectivity index (χ4v) is 2.17. The van der Waals surface area contributed by atoms with Crippen LogP contribution in [0.25, 0.3) is 0 Å². The lowest BCUT2D eigenvalue weighted by atomic mass is 10.1. The van der Waals surface area contributed by atoms with Gasteiger partial charge in [-0.1, -0.05) is 35.9 Å². The van der Waals surface area contributed by atoms with Crippen molar-refractivity contribution in [3.63, 3.8) is 0 Å². The van der Waals surface area contributed by atoms with Crippen LogP contribution in [0.3, 0.4) is 0 Å². The standard InChI is InChI=1S/C16H15ClO2/c1-11-6-7-14(15(17)8-11)10-19-16-12(2)4-3-5-13(16)9-18/h3-9H,10H2,1-2H3. The third-order valence-electron chi connectivity index (χ3n) is 2.95. The van der Waals surface area contributed by atoms with Crippen molar-refractivity contribution in [3.8, 4) is 5.75 Å². The maximum Gasteiger partial charge on any atom is 0.153 e. The summed E-state index contributed by atoms with van der Waals surface area (Å²) in [5.41, 5.74) is 3.52. The molecule has 0 radical (unpaired) electrons. The third kappa shape index (κ3) is 3.15. The molecular weight excluding hydrogens is 260 g/mol. The van der Waals surface area contributed by atoms with Gasteiger partial charge in [0.1, 0.15) is 12.4 Å². The highest BCUT2D eigenvalue weighted by atomic mass is 35.5. The zero-order valence-electron chi connectivity index (χ0n) is 10.9. The summed E-state index contributed by atoms with van der Waals surface area (Å²) in [6.45, 7) is 4.26. The number of hydrogen-bond acceptors (Lipinski definition) is 2. The van der Waals surface area contributed by atoms with E-state index in [9.17, 15) is 4.79 Å². The molecule has 2 nitrogen and oxygen atoms in total. The van der Waals surface area contributed by atoms with Crippen LogP contribution >= 0.6 is 11.6 Å². The molecule has 0 fully saturated rings. The molecular formula is C16H15ClO2. The van der Waals surface area contributed by atoms with E-state index in [0.29, 0.717) is 22.9 Å². The lowest BCUT2D eigenvalue weighted by Crippen LogP contribution is -2.01. The van der Waals surface area contributed by atoms with Crippen molar-refractivity contribution >= 4 is 17.9 Å². The lowest BCUT2D eigenvalue weighted by molar-refractivity contribution is 0.111. The zero-order chi connectivity index (χ0) is 13.8. The van der Waals surface area contributed by atoms with Gasteiger partial charge >= 0.3 is 0 Å². The van der Waals surface area contributed by atoms with Crippen molar-refractivity contribution in [1.29, 1.82) is 0 Å². The van der Waals surface area contributed by atoms with E-state index in [-0.39, 0.29) is 0 Å². The number of carbonyl (C=O) groups is 1. The van der Waals surface area contributed by atoms with Gasteiger partial charge in [-0.05, 0) is 37.1 Å². The summed E-state index contributed by atoms with van der Waals surface area (Å²) in [5, 5.41) is 0.682. The first-order chi connectivity index (χ1) is 9.11. The van der Waals surface area contributed by atoms with E-state index in [1.54, 1.807) is 6.07 Å². The van der Waals surface area contributed by atoms with E-state index in [4.69, 9.17) is 16.3 Å². The monoisotopic (exact) mass is 274 g/mol. The number of hydrogen-bond donors (Lipinski definition) is 0. The van der Waals surface area contributed by atoms with Crippen molar-refractivity contribution in [2.24, 2.45) is 0 Å². The number of benzene rings is 2. The fraction of sp³-hybridized carbons (Fsp3) is 0.188. The van der Waals surface area contributed by atoms with Crippen LogP contribution in [0.15, 0.2) is 36.4 Å². The van der Waals surface area contributed by atoms with Crippen LogP contribution in [0.1, 0.15) is 27.0 Å². The van der Waals surface area contributed by atoms with Gasteiger partial charge in [0.25, 0.3) is 0 Å². The molecule has 0 heterocycles. The van der Waals surface area contributed by atoms with E-state index in [1.807, 2.05) is 44.2 Å². The SMILES string of the molecule is Cc1ccc(COc2c(C)cccc2C=O)c(Cl)c1. The second-order valence-corrected chi connectivity index (χ2v) is 4.90.